The summed E-state index contributed by atoms with van der Waals surface area (Å²) in [6, 6.07) is 8.48. The van der Waals surface area contributed by atoms with Crippen molar-refractivity contribution in [3.63, 3.8) is 0 Å². The van der Waals surface area contributed by atoms with Crippen molar-refractivity contribution in [2.45, 2.75) is 27.7 Å². The second-order valence-electron chi connectivity index (χ2n) is 4.66. The highest BCUT2D eigenvalue weighted by atomic mass is 19.2. The van der Waals surface area contributed by atoms with Gasteiger partial charge in [-0.25, -0.2) is 17.6 Å². The molecule has 2 rings (SSSR count). The summed E-state index contributed by atoms with van der Waals surface area (Å²) in [4.78, 5) is 0. The molecule has 2 aromatic rings. The average Bonchev–Trinajstić information content (AvgIpc) is 2.45. The quantitative estimate of drug-likeness (QED) is 0.356. The molecule has 0 N–H and O–H groups in total. The lowest BCUT2D eigenvalue weighted by Gasteiger charge is -2.04. The fraction of sp³-hybridized carbons (Fsp3) is 0.250. The van der Waals surface area contributed by atoms with Gasteiger partial charge in [-0.15, -0.1) is 0 Å². The van der Waals surface area contributed by atoms with Crippen LogP contribution in [0.15, 0.2) is 24.3 Å². The molecule has 0 aliphatic rings. The largest absolute Gasteiger partial charge is 0.206 e. The van der Waals surface area contributed by atoms with Crippen LogP contribution in [0, 0.1) is 51.0 Å². The van der Waals surface area contributed by atoms with Crippen LogP contribution < -0.4 is 0 Å². The summed E-state index contributed by atoms with van der Waals surface area (Å²) in [5.74, 6) is -5.58. The van der Waals surface area contributed by atoms with E-state index >= 15 is 0 Å². The molecule has 0 aliphatic carbocycles. The molecule has 0 saturated heterocycles. The Hall–Kier alpha value is -1.84. The number of hydrogen-bond donors (Lipinski definition) is 0. The van der Waals surface area contributed by atoms with Crippen LogP contribution in [0.1, 0.15) is 22.3 Å². The van der Waals surface area contributed by atoms with Crippen molar-refractivity contribution >= 4 is 0 Å². The lowest BCUT2D eigenvalue weighted by atomic mass is 10.1. The Bertz CT molecular complexity index is 475. The summed E-state index contributed by atoms with van der Waals surface area (Å²) in [5.41, 5.74) is 1.67. The highest BCUT2D eigenvalue weighted by molar-refractivity contribution is 5.28. The van der Waals surface area contributed by atoms with Gasteiger partial charge in [-0.2, -0.15) is 0 Å². The second kappa shape index (κ2) is 6.55. The number of halogens is 4. The number of aryl methyl sites for hydroxylation is 2. The van der Waals surface area contributed by atoms with Crippen molar-refractivity contribution in [3.8, 4) is 0 Å². The maximum atomic E-state index is 12.8. The molecule has 0 unspecified atom stereocenters. The molecule has 0 fully saturated rings. The molecule has 4 heteroatoms. The molecule has 0 saturated carbocycles. The highest BCUT2D eigenvalue weighted by Gasteiger charge is 2.19. The lowest BCUT2D eigenvalue weighted by molar-refractivity contribution is 0.423. The Morgan fingerprint density at radius 1 is 0.500 bits per heavy atom. The van der Waals surface area contributed by atoms with E-state index in [2.05, 4.69) is 38.1 Å². The van der Waals surface area contributed by atoms with E-state index in [4.69, 9.17) is 0 Å². The van der Waals surface area contributed by atoms with E-state index in [9.17, 15) is 17.6 Å². The summed E-state index contributed by atoms with van der Waals surface area (Å²) in [5, 5.41) is 0. The Morgan fingerprint density at radius 3 is 1.10 bits per heavy atom. The molecule has 0 spiro atoms. The average molecular weight is 284 g/mol. The summed E-state index contributed by atoms with van der Waals surface area (Å²) >= 11 is 0. The van der Waals surface area contributed by atoms with E-state index in [0.717, 1.165) is 13.8 Å². The van der Waals surface area contributed by atoms with Crippen molar-refractivity contribution in [1.29, 1.82) is 0 Å². The monoisotopic (exact) mass is 284 g/mol. The summed E-state index contributed by atoms with van der Waals surface area (Å²) in [7, 11) is 0. The zero-order valence-corrected chi connectivity index (χ0v) is 11.8. The summed E-state index contributed by atoms with van der Waals surface area (Å²) < 4.78 is 50.5. The maximum Gasteiger partial charge on any atom is 0.195 e. The lowest BCUT2D eigenvalue weighted by Crippen LogP contribution is -2.02. The van der Waals surface area contributed by atoms with E-state index in [-0.39, 0.29) is 0 Å². The van der Waals surface area contributed by atoms with Gasteiger partial charge in [0.25, 0.3) is 0 Å². The molecule has 0 bridgehead atoms. The van der Waals surface area contributed by atoms with Gasteiger partial charge in [-0.1, -0.05) is 35.4 Å². The molecule has 0 atom stereocenters. The Balaban J connectivity index is 0.000000217. The van der Waals surface area contributed by atoms with Gasteiger partial charge in [0.15, 0.2) is 17.5 Å². The van der Waals surface area contributed by atoms with Gasteiger partial charge in [0.05, 0.1) is 0 Å². The zero-order valence-electron chi connectivity index (χ0n) is 11.8. The number of benzene rings is 2. The van der Waals surface area contributed by atoms with Crippen LogP contribution in [0.5, 0.6) is 0 Å². The SMILES string of the molecule is Cc1c(F)c(C)c(F)c(F)c1F.Cc1ccc(C)cc1. The standard InChI is InChI=1S/C8H6F4.C8H10/c1-3-5(9)4(2)7(11)8(12)6(3)10;1-7-3-5-8(2)6-4-7/h1-2H3;3-6H,1-2H3. The fourth-order valence-corrected chi connectivity index (χ4v) is 1.54. The number of hydrogen-bond acceptors (Lipinski definition) is 0. The second-order valence-corrected chi connectivity index (χ2v) is 4.66. The van der Waals surface area contributed by atoms with E-state index in [1.807, 2.05) is 0 Å². The molecule has 0 nitrogen and oxygen atoms in total. The van der Waals surface area contributed by atoms with Gasteiger partial charge >= 0.3 is 0 Å². The smallest absolute Gasteiger partial charge is 0.195 e. The van der Waals surface area contributed by atoms with E-state index < -0.39 is 34.4 Å². The van der Waals surface area contributed by atoms with Crippen molar-refractivity contribution in [2.75, 3.05) is 0 Å². The fourth-order valence-electron chi connectivity index (χ4n) is 1.54. The Morgan fingerprint density at radius 2 is 0.800 bits per heavy atom. The first-order valence-corrected chi connectivity index (χ1v) is 6.08. The molecule has 0 heterocycles. The van der Waals surface area contributed by atoms with Crippen LogP contribution in [0.4, 0.5) is 17.6 Å². The molecular weight excluding hydrogens is 268 g/mol. The van der Waals surface area contributed by atoms with Gasteiger partial charge < -0.3 is 0 Å². The van der Waals surface area contributed by atoms with Crippen LogP contribution in [-0.2, 0) is 0 Å². The zero-order chi connectivity index (χ0) is 15.4. The third-order valence-electron chi connectivity index (χ3n) is 2.92. The van der Waals surface area contributed by atoms with Crippen LogP contribution in [-0.4, -0.2) is 0 Å². The van der Waals surface area contributed by atoms with Gasteiger partial charge in [-0.3, -0.25) is 0 Å². The Kier molecular flexibility index (Phi) is 5.31. The first-order chi connectivity index (χ1) is 9.25. The minimum absolute atomic E-state index is 0.494. The van der Waals surface area contributed by atoms with Crippen LogP contribution >= 0.6 is 0 Å². The van der Waals surface area contributed by atoms with Crippen LogP contribution in [0.25, 0.3) is 0 Å². The molecule has 0 amide bonds. The van der Waals surface area contributed by atoms with E-state index in [1.54, 1.807) is 0 Å². The van der Waals surface area contributed by atoms with E-state index in [1.165, 1.54) is 11.1 Å². The normalized spacial score (nSPS) is 10.0. The van der Waals surface area contributed by atoms with Crippen molar-refractivity contribution < 1.29 is 17.6 Å². The van der Waals surface area contributed by atoms with E-state index in [0.29, 0.717) is 0 Å². The third kappa shape index (κ3) is 3.59. The first kappa shape index (κ1) is 16.2. The maximum absolute atomic E-state index is 12.8. The summed E-state index contributed by atoms with van der Waals surface area (Å²) in [6.07, 6.45) is 0. The van der Waals surface area contributed by atoms with Crippen LogP contribution in [0.2, 0.25) is 0 Å². The molecule has 108 valence electrons. The van der Waals surface area contributed by atoms with Gasteiger partial charge in [0.1, 0.15) is 5.82 Å². The minimum Gasteiger partial charge on any atom is -0.206 e. The van der Waals surface area contributed by atoms with Crippen molar-refractivity contribution in [2.24, 2.45) is 0 Å². The summed E-state index contributed by atoms with van der Waals surface area (Å²) in [6.45, 7) is 6.30. The van der Waals surface area contributed by atoms with Gasteiger partial charge in [-0.05, 0) is 27.7 Å². The molecule has 0 aromatic heterocycles. The topological polar surface area (TPSA) is 0 Å². The predicted molar refractivity (Wildman–Crippen MR) is 71.7 cm³/mol. The van der Waals surface area contributed by atoms with Gasteiger partial charge in [0, 0.05) is 11.1 Å². The molecule has 0 aliphatic heterocycles. The third-order valence-corrected chi connectivity index (χ3v) is 2.92. The van der Waals surface area contributed by atoms with Gasteiger partial charge in [0.2, 0.25) is 0 Å². The van der Waals surface area contributed by atoms with Crippen molar-refractivity contribution in [3.05, 3.63) is 69.8 Å². The molecule has 20 heavy (non-hydrogen) atoms. The highest BCUT2D eigenvalue weighted by Crippen LogP contribution is 2.22. The Labute approximate surface area is 116 Å². The predicted octanol–water partition coefficient (Wildman–Crippen LogP) is 5.16. The molecular formula is C16H16F4. The van der Waals surface area contributed by atoms with Crippen molar-refractivity contribution in [1.82, 2.24) is 0 Å². The molecule has 2 aromatic carbocycles. The first-order valence-electron chi connectivity index (χ1n) is 6.08. The van der Waals surface area contributed by atoms with Crippen LogP contribution in [0.3, 0.4) is 0 Å². The minimum atomic E-state index is -1.62. The molecule has 0 radical (unpaired) electrons. The number of rotatable bonds is 0.